The molecule has 0 rings (SSSR count). The molecule has 0 aliphatic carbocycles. The molecule has 0 saturated heterocycles. The number of hydrogen-bond donors (Lipinski definition) is 1. The van der Waals surface area contributed by atoms with Gasteiger partial charge in [-0.05, 0) is 0 Å². The summed E-state index contributed by atoms with van der Waals surface area (Å²) in [6.45, 7) is 3.12. The average molecular weight is 88.1 g/mol. The molecule has 0 amide bonds. The van der Waals surface area contributed by atoms with Crippen molar-refractivity contribution >= 4 is 0 Å². The van der Waals surface area contributed by atoms with Gasteiger partial charge in [0.05, 0.1) is 0 Å². The van der Waals surface area contributed by atoms with Crippen molar-refractivity contribution in [1.82, 2.24) is 0 Å². The summed E-state index contributed by atoms with van der Waals surface area (Å²) in [5, 5.41) is 7.68. The molecule has 2 heteroatoms. The highest BCUT2D eigenvalue weighted by Gasteiger charge is 1.73. The summed E-state index contributed by atoms with van der Waals surface area (Å²) in [4.78, 5) is 0. The van der Waals surface area contributed by atoms with Crippen molar-refractivity contribution in [3.8, 4) is 0 Å². The molecule has 0 aromatic heterocycles. The Hall–Kier alpha value is -0.790. The summed E-state index contributed by atoms with van der Waals surface area (Å²) >= 11 is 0. The third kappa shape index (κ3) is 3.21. The van der Waals surface area contributed by atoms with Gasteiger partial charge in [-0.2, -0.15) is 4.39 Å². The van der Waals surface area contributed by atoms with E-state index in [9.17, 15) is 4.39 Å². The Bertz CT molecular complexity index is 71.6. The van der Waals surface area contributed by atoms with Crippen LogP contribution in [0.15, 0.2) is 24.7 Å². The lowest BCUT2D eigenvalue weighted by atomic mass is 10.6. The fourth-order valence-electron chi connectivity index (χ4n) is 0.0972. The van der Waals surface area contributed by atoms with Crippen molar-refractivity contribution in [3.63, 3.8) is 0 Å². The number of hydrogen-bond acceptors (Lipinski definition) is 1. The van der Waals surface area contributed by atoms with Crippen LogP contribution in [0, 0.1) is 0 Å². The second kappa shape index (κ2) is 2.45. The molecule has 6 heavy (non-hydrogen) atoms. The van der Waals surface area contributed by atoms with Crippen molar-refractivity contribution in [1.29, 1.82) is 0 Å². The van der Waals surface area contributed by atoms with Crippen LogP contribution in [-0.2, 0) is 0 Å². The average Bonchev–Trinajstić information content (AvgIpc) is 1.35. The molecule has 34 valence electrons. The minimum Gasteiger partial charge on any atom is -0.486 e. The first-order valence-corrected chi connectivity index (χ1v) is 1.44. The van der Waals surface area contributed by atoms with E-state index >= 15 is 0 Å². The molecule has 1 N–H and O–H groups in total. The highest BCUT2D eigenvalue weighted by Crippen LogP contribution is 1.85. The lowest BCUT2D eigenvalue weighted by molar-refractivity contribution is 0.283. The Labute approximate surface area is 35.4 Å². The Morgan fingerprint density at radius 1 is 1.83 bits per heavy atom. The van der Waals surface area contributed by atoms with Crippen LogP contribution in [0.1, 0.15) is 0 Å². The number of aliphatic hydroxyl groups is 1. The summed E-state index contributed by atoms with van der Waals surface area (Å²) in [6, 6.07) is -1.20. The molecule has 0 saturated carbocycles. The van der Waals surface area contributed by atoms with Gasteiger partial charge in [0.25, 0.3) is 6.01 Å². The van der Waals surface area contributed by atoms with Gasteiger partial charge in [-0.3, -0.25) is 0 Å². The van der Waals surface area contributed by atoms with Crippen LogP contribution in [0.3, 0.4) is 0 Å². The highest BCUT2D eigenvalue weighted by molar-refractivity contribution is 4.96. The fourth-order valence-corrected chi connectivity index (χ4v) is 0.0972. The highest BCUT2D eigenvalue weighted by atomic mass is 19.1. The molecular weight excluding hydrogens is 83.0 g/mol. The van der Waals surface area contributed by atoms with E-state index in [0.29, 0.717) is 0 Å². The second-order valence-corrected chi connectivity index (χ2v) is 0.725. The Balaban J connectivity index is 3.41. The third-order valence-electron chi connectivity index (χ3n) is 0.255. The normalized spacial score (nSPS) is 11.2. The molecule has 0 aromatic carbocycles. The molecule has 0 aliphatic rings. The molecule has 0 aromatic rings. The number of halogens is 1. The van der Waals surface area contributed by atoms with E-state index in [1.165, 1.54) is 0 Å². The first kappa shape index (κ1) is 5.21. The maximum absolute atomic E-state index is 11.0. The topological polar surface area (TPSA) is 20.2 Å². The van der Waals surface area contributed by atoms with Gasteiger partial charge < -0.3 is 5.11 Å². The second-order valence-electron chi connectivity index (χ2n) is 0.725. The SMILES string of the molecule is C=C/C=C(\O)F. The van der Waals surface area contributed by atoms with Crippen LogP contribution in [0.4, 0.5) is 4.39 Å². The molecule has 0 unspecified atom stereocenters. The summed E-state index contributed by atoms with van der Waals surface area (Å²) < 4.78 is 11.0. The Morgan fingerprint density at radius 3 is 2.33 bits per heavy atom. The van der Waals surface area contributed by atoms with E-state index in [4.69, 9.17) is 5.11 Å². The van der Waals surface area contributed by atoms with Crippen LogP contribution in [0.2, 0.25) is 0 Å². The van der Waals surface area contributed by atoms with E-state index in [1.54, 1.807) is 0 Å². The van der Waals surface area contributed by atoms with E-state index in [-0.39, 0.29) is 0 Å². The van der Waals surface area contributed by atoms with E-state index in [1.807, 2.05) is 0 Å². The Kier molecular flexibility index (Phi) is 2.13. The third-order valence-corrected chi connectivity index (χ3v) is 0.255. The van der Waals surface area contributed by atoms with Crippen molar-refractivity contribution in [2.75, 3.05) is 0 Å². The van der Waals surface area contributed by atoms with E-state index in [0.717, 1.165) is 12.2 Å². The zero-order valence-electron chi connectivity index (χ0n) is 3.19. The van der Waals surface area contributed by atoms with Crippen molar-refractivity contribution in [3.05, 3.63) is 24.7 Å². The summed E-state index contributed by atoms with van der Waals surface area (Å²) in [5.41, 5.74) is 0. The van der Waals surface area contributed by atoms with Gasteiger partial charge in [-0.15, -0.1) is 0 Å². The maximum Gasteiger partial charge on any atom is 0.270 e. The van der Waals surface area contributed by atoms with Gasteiger partial charge in [-0.25, -0.2) is 0 Å². The monoisotopic (exact) mass is 88.0 g/mol. The molecule has 0 bridgehead atoms. The fraction of sp³-hybridized carbons (Fsp3) is 0. The van der Waals surface area contributed by atoms with Gasteiger partial charge in [0, 0.05) is 6.08 Å². The van der Waals surface area contributed by atoms with Crippen molar-refractivity contribution < 1.29 is 9.50 Å². The van der Waals surface area contributed by atoms with Gasteiger partial charge in [0.2, 0.25) is 0 Å². The van der Waals surface area contributed by atoms with Gasteiger partial charge >= 0.3 is 0 Å². The van der Waals surface area contributed by atoms with Gasteiger partial charge in [0.1, 0.15) is 0 Å². The molecule has 0 heterocycles. The van der Waals surface area contributed by atoms with Crippen LogP contribution in [0.5, 0.6) is 0 Å². The predicted octanol–water partition coefficient (Wildman–Crippen LogP) is 1.54. The van der Waals surface area contributed by atoms with Gasteiger partial charge in [-0.1, -0.05) is 12.7 Å². The molecule has 0 atom stereocenters. The predicted molar refractivity (Wildman–Crippen MR) is 22.0 cm³/mol. The van der Waals surface area contributed by atoms with Crippen molar-refractivity contribution in [2.24, 2.45) is 0 Å². The molecule has 0 aliphatic heterocycles. The maximum atomic E-state index is 11.0. The first-order valence-electron chi connectivity index (χ1n) is 1.44. The van der Waals surface area contributed by atoms with Crippen LogP contribution in [0.25, 0.3) is 0 Å². The minimum atomic E-state index is -1.20. The Morgan fingerprint density at radius 2 is 2.33 bits per heavy atom. The minimum absolute atomic E-state index is 0.861. The smallest absolute Gasteiger partial charge is 0.270 e. The summed E-state index contributed by atoms with van der Waals surface area (Å²) in [6.07, 6.45) is 2.02. The standard InChI is InChI=1S/C4H5FO/c1-2-3-4(5)6/h2-3,6H,1H2/b4-3-. The quantitative estimate of drug-likeness (QED) is 0.380. The van der Waals surface area contributed by atoms with Crippen LogP contribution >= 0.6 is 0 Å². The lowest BCUT2D eigenvalue weighted by Crippen LogP contribution is -1.59. The molecule has 0 fully saturated rings. The van der Waals surface area contributed by atoms with Crippen molar-refractivity contribution in [2.45, 2.75) is 0 Å². The number of rotatable bonds is 1. The lowest BCUT2D eigenvalue weighted by Gasteiger charge is -1.71. The number of allylic oxidation sites excluding steroid dienone is 2. The molecule has 0 spiro atoms. The zero-order valence-corrected chi connectivity index (χ0v) is 3.19. The van der Waals surface area contributed by atoms with E-state index < -0.39 is 6.01 Å². The van der Waals surface area contributed by atoms with Crippen LogP contribution in [-0.4, -0.2) is 5.11 Å². The van der Waals surface area contributed by atoms with Crippen LogP contribution < -0.4 is 0 Å². The number of aliphatic hydroxyl groups excluding tert-OH is 1. The summed E-state index contributed by atoms with van der Waals surface area (Å²) in [5.74, 6) is 0. The summed E-state index contributed by atoms with van der Waals surface area (Å²) in [7, 11) is 0. The first-order chi connectivity index (χ1) is 2.77. The van der Waals surface area contributed by atoms with Gasteiger partial charge in [0.15, 0.2) is 0 Å². The molecule has 1 nitrogen and oxygen atoms in total. The molecular formula is C4H5FO. The molecule has 0 radical (unpaired) electrons. The van der Waals surface area contributed by atoms with E-state index in [2.05, 4.69) is 6.58 Å². The largest absolute Gasteiger partial charge is 0.486 e. The zero-order chi connectivity index (χ0) is 4.99.